The molecule has 2 aromatic heterocycles. The minimum Gasteiger partial charge on any atom is -0.338 e. The van der Waals surface area contributed by atoms with E-state index in [-0.39, 0.29) is 0 Å². The monoisotopic (exact) mass is 241 g/mol. The first kappa shape index (κ1) is 10.6. The van der Waals surface area contributed by atoms with Gasteiger partial charge in [0.15, 0.2) is 0 Å². The molecule has 3 rings (SSSR count). The molecule has 0 fully saturated rings. The van der Waals surface area contributed by atoms with Crippen molar-refractivity contribution in [1.82, 2.24) is 20.1 Å². The molecule has 0 amide bonds. The lowest BCUT2D eigenvalue weighted by Crippen LogP contribution is -1.95. The van der Waals surface area contributed by atoms with E-state index in [0.717, 1.165) is 23.1 Å². The number of hydrogen-bond donors (Lipinski definition) is 1. The van der Waals surface area contributed by atoms with Gasteiger partial charge in [-0.3, -0.25) is 9.97 Å². The lowest BCUT2D eigenvalue weighted by atomic mass is 10.2. The second-order valence-corrected chi connectivity index (χ2v) is 3.71. The van der Waals surface area contributed by atoms with Gasteiger partial charge in [0.2, 0.25) is 5.82 Å². The molecule has 18 heavy (non-hydrogen) atoms. The van der Waals surface area contributed by atoms with Crippen molar-refractivity contribution in [3.63, 3.8) is 0 Å². The molecule has 90 valence electrons. The van der Waals surface area contributed by atoms with Crippen molar-refractivity contribution >= 4 is 17.0 Å². The number of nitrogens with one attached hydrogen (secondary N) is 1. The van der Waals surface area contributed by atoms with Crippen LogP contribution in [0.3, 0.4) is 0 Å². The van der Waals surface area contributed by atoms with Crippen LogP contribution in [0.15, 0.2) is 35.1 Å². The number of hydrogen-bond acceptors (Lipinski definition) is 6. The number of anilines is 1. The topological polar surface area (TPSA) is 76.7 Å². The summed E-state index contributed by atoms with van der Waals surface area (Å²) in [5.41, 5.74) is 2.51. The first-order valence-electron chi connectivity index (χ1n) is 5.65. The van der Waals surface area contributed by atoms with E-state index in [0.29, 0.717) is 11.8 Å². The fourth-order valence-corrected chi connectivity index (χ4v) is 1.67. The lowest BCUT2D eigenvalue weighted by molar-refractivity contribution is 0.432. The number of aromatic nitrogens is 4. The molecule has 1 N–H and O–H groups in total. The van der Waals surface area contributed by atoms with E-state index < -0.39 is 0 Å². The average molecular weight is 241 g/mol. The standard InChI is InChI=1S/C12H11N5O/c1-2-13-12-16-11(17-18-12)8-3-4-9-10(7-8)15-6-5-14-9/h3-7H,2H2,1H3,(H,13,16,17). The molecule has 6 heteroatoms. The van der Waals surface area contributed by atoms with Crippen LogP contribution in [0, 0.1) is 0 Å². The van der Waals surface area contributed by atoms with Crippen LogP contribution >= 0.6 is 0 Å². The van der Waals surface area contributed by atoms with Gasteiger partial charge in [0.25, 0.3) is 0 Å². The molecule has 0 atom stereocenters. The number of rotatable bonds is 3. The van der Waals surface area contributed by atoms with Gasteiger partial charge in [-0.05, 0) is 25.1 Å². The zero-order valence-corrected chi connectivity index (χ0v) is 9.79. The largest absolute Gasteiger partial charge is 0.338 e. The van der Waals surface area contributed by atoms with Crippen LogP contribution in [-0.4, -0.2) is 26.7 Å². The molecule has 3 aromatic rings. The van der Waals surface area contributed by atoms with Gasteiger partial charge in [0.1, 0.15) is 0 Å². The van der Waals surface area contributed by atoms with E-state index in [1.165, 1.54) is 0 Å². The molecule has 0 unspecified atom stereocenters. The van der Waals surface area contributed by atoms with Crippen LogP contribution in [0.25, 0.3) is 22.4 Å². The highest BCUT2D eigenvalue weighted by Crippen LogP contribution is 2.20. The number of benzene rings is 1. The summed E-state index contributed by atoms with van der Waals surface area (Å²) < 4.78 is 5.06. The summed E-state index contributed by atoms with van der Waals surface area (Å²) in [6.45, 7) is 2.71. The van der Waals surface area contributed by atoms with Crippen LogP contribution in [-0.2, 0) is 0 Å². The highest BCUT2D eigenvalue weighted by Gasteiger charge is 2.08. The Hall–Kier alpha value is -2.50. The van der Waals surface area contributed by atoms with E-state index in [2.05, 4.69) is 25.4 Å². The van der Waals surface area contributed by atoms with Crippen LogP contribution < -0.4 is 5.32 Å². The lowest BCUT2D eigenvalue weighted by Gasteiger charge is -1.97. The molecular weight excluding hydrogens is 230 g/mol. The Kier molecular flexibility index (Phi) is 2.60. The second-order valence-electron chi connectivity index (χ2n) is 3.71. The SMILES string of the molecule is CCNc1nc(-c2ccc3nccnc3c2)no1. The maximum Gasteiger partial charge on any atom is 0.321 e. The van der Waals surface area contributed by atoms with Crippen molar-refractivity contribution in [2.75, 3.05) is 11.9 Å². The second kappa shape index (κ2) is 4.40. The first-order valence-corrected chi connectivity index (χ1v) is 5.65. The van der Waals surface area contributed by atoms with Crippen molar-refractivity contribution in [1.29, 1.82) is 0 Å². The van der Waals surface area contributed by atoms with Gasteiger partial charge in [-0.1, -0.05) is 5.16 Å². The summed E-state index contributed by atoms with van der Waals surface area (Å²) in [7, 11) is 0. The highest BCUT2D eigenvalue weighted by atomic mass is 16.5. The van der Waals surface area contributed by atoms with Crippen molar-refractivity contribution in [3.8, 4) is 11.4 Å². The van der Waals surface area contributed by atoms with Crippen molar-refractivity contribution in [2.45, 2.75) is 6.92 Å². The van der Waals surface area contributed by atoms with Crippen LogP contribution in [0.1, 0.15) is 6.92 Å². The summed E-state index contributed by atoms with van der Waals surface area (Å²) >= 11 is 0. The predicted molar refractivity (Wildman–Crippen MR) is 67.0 cm³/mol. The molecule has 0 saturated carbocycles. The summed E-state index contributed by atoms with van der Waals surface area (Å²) in [6.07, 6.45) is 3.33. The van der Waals surface area contributed by atoms with Gasteiger partial charge in [0.05, 0.1) is 11.0 Å². The van der Waals surface area contributed by atoms with Crippen LogP contribution in [0.4, 0.5) is 6.01 Å². The Balaban J connectivity index is 2.02. The maximum absolute atomic E-state index is 5.06. The first-order chi connectivity index (χ1) is 8.86. The van der Waals surface area contributed by atoms with Gasteiger partial charge in [0, 0.05) is 24.5 Å². The van der Waals surface area contributed by atoms with Gasteiger partial charge < -0.3 is 9.84 Å². The summed E-state index contributed by atoms with van der Waals surface area (Å²) in [4.78, 5) is 12.7. The smallest absolute Gasteiger partial charge is 0.321 e. The Labute approximate surface area is 103 Å². The summed E-state index contributed by atoms with van der Waals surface area (Å²) in [5.74, 6) is 0.540. The third kappa shape index (κ3) is 1.88. The van der Waals surface area contributed by atoms with E-state index in [1.807, 2.05) is 25.1 Å². The third-order valence-electron chi connectivity index (χ3n) is 2.48. The van der Waals surface area contributed by atoms with E-state index in [9.17, 15) is 0 Å². The minimum atomic E-state index is 0.423. The quantitative estimate of drug-likeness (QED) is 0.756. The van der Waals surface area contributed by atoms with Crippen molar-refractivity contribution in [2.24, 2.45) is 0 Å². The van der Waals surface area contributed by atoms with E-state index in [1.54, 1.807) is 12.4 Å². The molecule has 0 aliphatic carbocycles. The molecule has 2 heterocycles. The van der Waals surface area contributed by atoms with E-state index in [4.69, 9.17) is 4.52 Å². The Bertz CT molecular complexity index is 679. The fraction of sp³-hybridized carbons (Fsp3) is 0.167. The maximum atomic E-state index is 5.06. The van der Waals surface area contributed by atoms with Gasteiger partial charge in [-0.2, -0.15) is 4.98 Å². The normalized spacial score (nSPS) is 10.7. The molecule has 6 nitrogen and oxygen atoms in total. The summed E-state index contributed by atoms with van der Waals surface area (Å²) in [5, 5.41) is 6.88. The van der Waals surface area contributed by atoms with E-state index >= 15 is 0 Å². The van der Waals surface area contributed by atoms with Crippen molar-refractivity contribution < 1.29 is 4.52 Å². The minimum absolute atomic E-state index is 0.423. The fourth-order valence-electron chi connectivity index (χ4n) is 1.67. The average Bonchev–Trinajstić information content (AvgIpc) is 2.87. The van der Waals surface area contributed by atoms with Crippen LogP contribution in [0.5, 0.6) is 0 Å². The third-order valence-corrected chi connectivity index (χ3v) is 2.48. The van der Waals surface area contributed by atoms with Gasteiger partial charge >= 0.3 is 6.01 Å². The molecule has 0 bridgehead atoms. The molecule has 0 aliphatic heterocycles. The molecular formula is C12H11N5O. The molecule has 1 aromatic carbocycles. The molecule has 0 spiro atoms. The Morgan fingerprint density at radius 2 is 2.00 bits per heavy atom. The number of nitrogens with zero attached hydrogens (tertiary/aromatic N) is 4. The zero-order valence-electron chi connectivity index (χ0n) is 9.79. The van der Waals surface area contributed by atoms with Gasteiger partial charge in [-0.15, -0.1) is 0 Å². The summed E-state index contributed by atoms with van der Waals surface area (Å²) in [6, 6.07) is 6.10. The highest BCUT2D eigenvalue weighted by molar-refractivity contribution is 5.79. The molecule has 0 radical (unpaired) electrons. The number of fused-ring (bicyclic) bond motifs is 1. The predicted octanol–water partition coefficient (Wildman–Crippen LogP) is 2.11. The van der Waals surface area contributed by atoms with Crippen LogP contribution in [0.2, 0.25) is 0 Å². The zero-order chi connectivity index (χ0) is 12.4. The Morgan fingerprint density at radius 1 is 1.17 bits per heavy atom. The van der Waals surface area contributed by atoms with Gasteiger partial charge in [-0.25, -0.2) is 0 Å². The Morgan fingerprint density at radius 3 is 2.83 bits per heavy atom. The van der Waals surface area contributed by atoms with Crippen molar-refractivity contribution in [3.05, 3.63) is 30.6 Å². The molecule has 0 saturated heterocycles. The molecule has 0 aliphatic rings.